The summed E-state index contributed by atoms with van der Waals surface area (Å²) in [6.07, 6.45) is 3.88. The number of nitrogens with two attached hydrogens (primary N) is 1. The first kappa shape index (κ1) is 12.1. The van der Waals surface area contributed by atoms with E-state index in [0.717, 1.165) is 12.8 Å². The van der Waals surface area contributed by atoms with E-state index < -0.39 is 0 Å². The lowest BCUT2D eigenvalue weighted by molar-refractivity contribution is 0.0385. The molecule has 1 fully saturated rings. The SMILES string of the molecule is CCOC(c1noc(-c2ncccc2N)n1)C1CC1. The Bertz CT molecular complexity index is 565. The Balaban J connectivity index is 1.88. The van der Waals surface area contributed by atoms with Crippen LogP contribution in [0.3, 0.4) is 0 Å². The van der Waals surface area contributed by atoms with E-state index in [1.165, 1.54) is 0 Å². The number of nitrogens with zero attached hydrogens (tertiary/aromatic N) is 3. The van der Waals surface area contributed by atoms with E-state index in [1.54, 1.807) is 18.3 Å². The van der Waals surface area contributed by atoms with Gasteiger partial charge in [-0.1, -0.05) is 5.16 Å². The number of nitrogen functional groups attached to an aromatic ring is 1. The Hall–Kier alpha value is -1.95. The summed E-state index contributed by atoms with van der Waals surface area (Å²) in [7, 11) is 0. The van der Waals surface area contributed by atoms with Crippen LogP contribution < -0.4 is 5.73 Å². The van der Waals surface area contributed by atoms with Gasteiger partial charge < -0.3 is 15.0 Å². The molecule has 6 nitrogen and oxygen atoms in total. The third-order valence-corrected chi connectivity index (χ3v) is 3.13. The van der Waals surface area contributed by atoms with Crippen LogP contribution >= 0.6 is 0 Å². The number of pyridine rings is 1. The van der Waals surface area contributed by atoms with Crippen LogP contribution in [-0.4, -0.2) is 21.7 Å². The van der Waals surface area contributed by atoms with Crippen LogP contribution in [0, 0.1) is 5.92 Å². The quantitative estimate of drug-likeness (QED) is 0.886. The van der Waals surface area contributed by atoms with Gasteiger partial charge in [0.15, 0.2) is 5.69 Å². The lowest BCUT2D eigenvalue weighted by Crippen LogP contribution is -2.08. The molecule has 0 amide bonds. The zero-order valence-electron chi connectivity index (χ0n) is 10.7. The van der Waals surface area contributed by atoms with Crippen LogP contribution in [0.4, 0.5) is 5.69 Å². The predicted octanol–water partition coefficient (Wildman–Crippen LogP) is 2.20. The minimum absolute atomic E-state index is 0.0764. The Morgan fingerprint density at radius 2 is 2.37 bits per heavy atom. The van der Waals surface area contributed by atoms with Gasteiger partial charge in [-0.15, -0.1) is 0 Å². The van der Waals surface area contributed by atoms with E-state index in [4.69, 9.17) is 15.0 Å². The summed E-state index contributed by atoms with van der Waals surface area (Å²) >= 11 is 0. The molecule has 1 saturated carbocycles. The van der Waals surface area contributed by atoms with E-state index in [9.17, 15) is 0 Å². The molecule has 6 heteroatoms. The van der Waals surface area contributed by atoms with Gasteiger partial charge in [0.25, 0.3) is 5.89 Å². The molecule has 0 bridgehead atoms. The second-order valence-corrected chi connectivity index (χ2v) is 4.61. The highest BCUT2D eigenvalue weighted by Gasteiger charge is 2.36. The summed E-state index contributed by atoms with van der Waals surface area (Å²) in [6.45, 7) is 2.60. The van der Waals surface area contributed by atoms with Crippen molar-refractivity contribution in [3.8, 4) is 11.6 Å². The van der Waals surface area contributed by atoms with Crippen LogP contribution in [0.1, 0.15) is 31.7 Å². The molecular weight excluding hydrogens is 244 g/mol. The smallest absolute Gasteiger partial charge is 0.278 e. The molecule has 0 radical (unpaired) electrons. The Labute approximate surface area is 111 Å². The van der Waals surface area contributed by atoms with Crippen molar-refractivity contribution >= 4 is 5.69 Å². The molecule has 1 atom stereocenters. The standard InChI is InChI=1S/C13H16N4O2/c1-2-18-11(8-5-6-8)12-16-13(19-17-12)10-9(14)4-3-7-15-10/h3-4,7-8,11H,2,5-6,14H2,1H3. The van der Waals surface area contributed by atoms with Crippen LogP contribution in [0.15, 0.2) is 22.9 Å². The molecule has 2 N–H and O–H groups in total. The zero-order chi connectivity index (χ0) is 13.2. The Morgan fingerprint density at radius 1 is 1.53 bits per heavy atom. The Morgan fingerprint density at radius 3 is 3.05 bits per heavy atom. The third-order valence-electron chi connectivity index (χ3n) is 3.13. The molecular formula is C13H16N4O2. The largest absolute Gasteiger partial charge is 0.397 e. The number of aromatic nitrogens is 3. The number of rotatable bonds is 5. The third kappa shape index (κ3) is 2.44. The van der Waals surface area contributed by atoms with E-state index in [0.29, 0.717) is 35.6 Å². The maximum atomic E-state index is 5.85. The van der Waals surface area contributed by atoms with Crippen molar-refractivity contribution < 1.29 is 9.26 Å². The first-order valence-corrected chi connectivity index (χ1v) is 6.45. The van der Waals surface area contributed by atoms with Crippen molar-refractivity contribution in [3.63, 3.8) is 0 Å². The molecule has 0 aromatic carbocycles. The average Bonchev–Trinajstić information content (AvgIpc) is 3.14. The molecule has 2 heterocycles. The summed E-state index contributed by atoms with van der Waals surface area (Å²) in [6, 6.07) is 3.52. The van der Waals surface area contributed by atoms with Gasteiger partial charge in [0, 0.05) is 12.8 Å². The van der Waals surface area contributed by atoms with Crippen molar-refractivity contribution in [3.05, 3.63) is 24.2 Å². The summed E-state index contributed by atoms with van der Waals surface area (Å²) in [4.78, 5) is 8.54. The van der Waals surface area contributed by atoms with Crippen LogP contribution in [0.5, 0.6) is 0 Å². The first-order valence-electron chi connectivity index (χ1n) is 6.45. The molecule has 19 heavy (non-hydrogen) atoms. The molecule has 1 aliphatic rings. The molecule has 100 valence electrons. The summed E-state index contributed by atoms with van der Waals surface area (Å²) < 4.78 is 10.9. The molecule has 1 aliphatic carbocycles. The molecule has 0 spiro atoms. The van der Waals surface area contributed by atoms with Gasteiger partial charge in [-0.25, -0.2) is 4.98 Å². The minimum Gasteiger partial charge on any atom is -0.397 e. The molecule has 1 unspecified atom stereocenters. The zero-order valence-corrected chi connectivity index (χ0v) is 10.7. The van der Waals surface area contributed by atoms with Gasteiger partial charge in [-0.05, 0) is 37.8 Å². The molecule has 0 saturated heterocycles. The fourth-order valence-electron chi connectivity index (χ4n) is 2.04. The number of anilines is 1. The van der Waals surface area contributed by atoms with Gasteiger partial charge >= 0.3 is 0 Å². The van der Waals surface area contributed by atoms with E-state index >= 15 is 0 Å². The fourth-order valence-corrected chi connectivity index (χ4v) is 2.04. The van der Waals surface area contributed by atoms with Crippen molar-refractivity contribution in [1.29, 1.82) is 0 Å². The number of hydrogen-bond donors (Lipinski definition) is 1. The summed E-state index contributed by atoms with van der Waals surface area (Å²) in [5, 5.41) is 4.01. The van der Waals surface area contributed by atoms with Crippen LogP contribution in [-0.2, 0) is 4.74 Å². The second-order valence-electron chi connectivity index (χ2n) is 4.61. The lowest BCUT2D eigenvalue weighted by atomic mass is 10.2. The van der Waals surface area contributed by atoms with Crippen LogP contribution in [0.25, 0.3) is 11.6 Å². The topological polar surface area (TPSA) is 87.1 Å². The number of hydrogen-bond acceptors (Lipinski definition) is 6. The Kier molecular flexibility index (Phi) is 3.16. The normalized spacial score (nSPS) is 16.5. The fraction of sp³-hybridized carbons (Fsp3) is 0.462. The maximum absolute atomic E-state index is 5.85. The van der Waals surface area contributed by atoms with Crippen molar-refractivity contribution in [2.45, 2.75) is 25.9 Å². The van der Waals surface area contributed by atoms with Crippen LogP contribution in [0.2, 0.25) is 0 Å². The van der Waals surface area contributed by atoms with E-state index in [-0.39, 0.29) is 6.10 Å². The van der Waals surface area contributed by atoms with E-state index in [1.807, 2.05) is 6.92 Å². The maximum Gasteiger partial charge on any atom is 0.278 e. The van der Waals surface area contributed by atoms with Crippen molar-refractivity contribution in [2.24, 2.45) is 5.92 Å². The van der Waals surface area contributed by atoms with Gasteiger partial charge in [0.1, 0.15) is 6.10 Å². The van der Waals surface area contributed by atoms with Gasteiger partial charge in [0.05, 0.1) is 5.69 Å². The highest BCUT2D eigenvalue weighted by Crippen LogP contribution is 2.42. The molecule has 2 aromatic heterocycles. The second kappa shape index (κ2) is 4.97. The van der Waals surface area contributed by atoms with E-state index in [2.05, 4.69) is 15.1 Å². The predicted molar refractivity (Wildman–Crippen MR) is 69.0 cm³/mol. The van der Waals surface area contributed by atoms with Crippen molar-refractivity contribution in [2.75, 3.05) is 12.3 Å². The van der Waals surface area contributed by atoms with Crippen molar-refractivity contribution in [1.82, 2.24) is 15.1 Å². The average molecular weight is 260 g/mol. The highest BCUT2D eigenvalue weighted by molar-refractivity contribution is 5.65. The highest BCUT2D eigenvalue weighted by atomic mass is 16.5. The summed E-state index contributed by atoms with van der Waals surface area (Å²) in [5.41, 5.74) is 6.89. The minimum atomic E-state index is -0.0764. The molecule has 2 aromatic rings. The van der Waals surface area contributed by atoms with Gasteiger partial charge in [-0.2, -0.15) is 4.98 Å². The monoisotopic (exact) mass is 260 g/mol. The molecule has 3 rings (SSSR count). The lowest BCUT2D eigenvalue weighted by Gasteiger charge is -2.10. The van der Waals surface area contributed by atoms with Gasteiger partial charge in [0.2, 0.25) is 5.82 Å². The first-order chi connectivity index (χ1) is 9.29. The molecule has 0 aliphatic heterocycles. The van der Waals surface area contributed by atoms with Gasteiger partial charge in [-0.3, -0.25) is 0 Å². The number of ether oxygens (including phenoxy) is 1. The summed E-state index contributed by atoms with van der Waals surface area (Å²) in [5.74, 6) is 1.44.